The van der Waals surface area contributed by atoms with Gasteiger partial charge in [0.15, 0.2) is 0 Å². The minimum Gasteiger partial charge on any atom is -0.368 e. The second-order valence-electron chi connectivity index (χ2n) is 3.82. The fraction of sp³-hybridized carbons (Fsp3) is 0.400. The number of halogens is 4. The van der Waals surface area contributed by atoms with Gasteiger partial charge in [0.1, 0.15) is 0 Å². The Morgan fingerprint density at radius 1 is 1.31 bits per heavy atom. The Hall–Kier alpha value is -0.750. The lowest BCUT2D eigenvalue weighted by Crippen LogP contribution is -2.56. The zero-order valence-corrected chi connectivity index (χ0v) is 9.85. The maximum atomic E-state index is 12.8. The highest BCUT2D eigenvalue weighted by atomic mass is 79.9. The summed E-state index contributed by atoms with van der Waals surface area (Å²) in [6.07, 6.45) is -4.33. The number of benzene rings is 1. The van der Waals surface area contributed by atoms with Crippen LogP contribution in [0.3, 0.4) is 0 Å². The lowest BCUT2D eigenvalue weighted by Gasteiger charge is -2.40. The average Bonchev–Trinajstić information content (AvgIpc) is 2.12. The molecule has 2 nitrogen and oxygen atoms in total. The monoisotopic (exact) mass is 294 g/mol. The van der Waals surface area contributed by atoms with Gasteiger partial charge in [-0.2, -0.15) is 13.2 Å². The fourth-order valence-corrected chi connectivity index (χ4v) is 2.08. The molecule has 1 heterocycles. The van der Waals surface area contributed by atoms with Crippen molar-refractivity contribution in [2.75, 3.05) is 18.0 Å². The zero-order chi connectivity index (χ0) is 11.9. The average molecular weight is 295 g/mol. The molecule has 0 aromatic heterocycles. The largest absolute Gasteiger partial charge is 0.418 e. The van der Waals surface area contributed by atoms with Gasteiger partial charge in [-0.25, -0.2) is 0 Å². The summed E-state index contributed by atoms with van der Waals surface area (Å²) < 4.78 is 38.7. The smallest absolute Gasteiger partial charge is 0.368 e. The molecule has 0 aliphatic carbocycles. The molecule has 0 unspecified atom stereocenters. The van der Waals surface area contributed by atoms with E-state index in [0.717, 1.165) is 6.07 Å². The van der Waals surface area contributed by atoms with Gasteiger partial charge in [-0.3, -0.25) is 0 Å². The first-order valence-corrected chi connectivity index (χ1v) is 5.54. The van der Waals surface area contributed by atoms with Crippen LogP contribution in [-0.4, -0.2) is 19.1 Å². The summed E-state index contributed by atoms with van der Waals surface area (Å²) in [5.41, 5.74) is 5.15. The Balaban J connectivity index is 2.37. The van der Waals surface area contributed by atoms with E-state index in [1.807, 2.05) is 0 Å². The van der Waals surface area contributed by atoms with Crippen molar-refractivity contribution in [1.29, 1.82) is 0 Å². The van der Waals surface area contributed by atoms with Crippen molar-refractivity contribution in [2.24, 2.45) is 5.73 Å². The minimum atomic E-state index is -4.33. The highest BCUT2D eigenvalue weighted by molar-refractivity contribution is 9.10. The van der Waals surface area contributed by atoms with Gasteiger partial charge in [0.2, 0.25) is 0 Å². The van der Waals surface area contributed by atoms with Crippen LogP contribution in [-0.2, 0) is 6.18 Å². The number of hydrogen-bond acceptors (Lipinski definition) is 2. The van der Waals surface area contributed by atoms with Crippen molar-refractivity contribution in [3.8, 4) is 0 Å². The summed E-state index contributed by atoms with van der Waals surface area (Å²) in [5, 5.41) is 0. The Labute approximate surface area is 99.3 Å². The third-order valence-electron chi connectivity index (χ3n) is 2.51. The van der Waals surface area contributed by atoms with E-state index in [2.05, 4.69) is 15.9 Å². The number of rotatable bonds is 1. The third kappa shape index (κ3) is 2.17. The number of nitrogens with zero attached hydrogens (tertiary/aromatic N) is 1. The molecular formula is C10H10BrF3N2. The molecule has 1 aromatic carbocycles. The molecule has 0 atom stereocenters. The summed E-state index contributed by atoms with van der Waals surface area (Å²) in [5.74, 6) is 0. The van der Waals surface area contributed by atoms with Crippen LogP contribution in [0.5, 0.6) is 0 Å². The van der Waals surface area contributed by atoms with Crippen LogP contribution in [0.15, 0.2) is 22.7 Å². The maximum Gasteiger partial charge on any atom is 0.418 e. The van der Waals surface area contributed by atoms with Crippen LogP contribution in [0.25, 0.3) is 0 Å². The Morgan fingerprint density at radius 3 is 2.44 bits per heavy atom. The molecule has 0 saturated carbocycles. The number of nitrogens with two attached hydrogens (primary N) is 1. The van der Waals surface area contributed by atoms with Crippen molar-refractivity contribution in [1.82, 2.24) is 0 Å². The molecule has 0 spiro atoms. The first-order valence-electron chi connectivity index (χ1n) is 4.75. The van der Waals surface area contributed by atoms with Crippen LogP contribution >= 0.6 is 15.9 Å². The van der Waals surface area contributed by atoms with Crippen molar-refractivity contribution in [3.05, 3.63) is 28.2 Å². The first-order chi connectivity index (χ1) is 7.38. The molecule has 0 bridgehead atoms. The van der Waals surface area contributed by atoms with E-state index >= 15 is 0 Å². The van der Waals surface area contributed by atoms with Crippen LogP contribution < -0.4 is 10.6 Å². The normalized spacial score (nSPS) is 17.4. The molecule has 1 aliphatic rings. The molecule has 0 radical (unpaired) electrons. The minimum absolute atomic E-state index is 0.0234. The Morgan fingerprint density at radius 2 is 1.94 bits per heavy atom. The maximum absolute atomic E-state index is 12.8. The summed E-state index contributed by atoms with van der Waals surface area (Å²) >= 11 is 3.05. The van der Waals surface area contributed by atoms with Gasteiger partial charge in [-0.1, -0.05) is 15.9 Å². The third-order valence-corrected chi connectivity index (χ3v) is 3.01. The lowest BCUT2D eigenvalue weighted by molar-refractivity contribution is -0.137. The second-order valence-corrected chi connectivity index (χ2v) is 4.74. The van der Waals surface area contributed by atoms with Gasteiger partial charge in [0.05, 0.1) is 5.56 Å². The molecule has 6 heteroatoms. The standard InChI is InChI=1S/C10H10BrF3N2/c11-6-1-2-9(16-4-7(15)5-16)8(3-6)10(12,13)14/h1-3,7H,4-5,15H2. The predicted octanol–water partition coefficient (Wildman–Crippen LogP) is 2.62. The molecule has 2 rings (SSSR count). The molecule has 1 saturated heterocycles. The Bertz CT molecular complexity index is 400. The quantitative estimate of drug-likeness (QED) is 0.863. The molecule has 1 aliphatic heterocycles. The number of hydrogen-bond donors (Lipinski definition) is 1. The van der Waals surface area contributed by atoms with Gasteiger partial charge in [-0.15, -0.1) is 0 Å². The van der Waals surface area contributed by atoms with E-state index < -0.39 is 11.7 Å². The first kappa shape index (κ1) is 11.7. The molecule has 0 amide bonds. The Kier molecular flexibility index (Phi) is 2.88. The fourth-order valence-electron chi connectivity index (χ4n) is 1.72. The zero-order valence-electron chi connectivity index (χ0n) is 8.26. The lowest BCUT2D eigenvalue weighted by atomic mass is 10.1. The molecule has 2 N–H and O–H groups in total. The SMILES string of the molecule is NC1CN(c2ccc(Br)cc2C(F)(F)F)C1. The second kappa shape index (κ2) is 3.92. The van der Waals surface area contributed by atoms with E-state index in [1.165, 1.54) is 6.07 Å². The van der Waals surface area contributed by atoms with Crippen LogP contribution in [0, 0.1) is 0 Å². The van der Waals surface area contributed by atoms with Crippen molar-refractivity contribution < 1.29 is 13.2 Å². The summed E-state index contributed by atoms with van der Waals surface area (Å²) in [6, 6.07) is 4.15. The highest BCUT2D eigenvalue weighted by Crippen LogP contribution is 2.39. The molecular weight excluding hydrogens is 285 g/mol. The van der Waals surface area contributed by atoms with E-state index in [4.69, 9.17) is 5.73 Å². The number of alkyl halides is 3. The number of anilines is 1. The summed E-state index contributed by atoms with van der Waals surface area (Å²) in [7, 11) is 0. The van der Waals surface area contributed by atoms with Gasteiger partial charge < -0.3 is 10.6 Å². The van der Waals surface area contributed by atoms with Crippen molar-refractivity contribution in [3.63, 3.8) is 0 Å². The van der Waals surface area contributed by atoms with Gasteiger partial charge in [0, 0.05) is 29.3 Å². The van der Waals surface area contributed by atoms with Crippen LogP contribution in [0.2, 0.25) is 0 Å². The molecule has 1 fully saturated rings. The predicted molar refractivity (Wildman–Crippen MR) is 59.3 cm³/mol. The summed E-state index contributed by atoms with van der Waals surface area (Å²) in [4.78, 5) is 1.64. The van der Waals surface area contributed by atoms with E-state index in [1.54, 1.807) is 11.0 Å². The van der Waals surface area contributed by atoms with E-state index in [-0.39, 0.29) is 11.7 Å². The van der Waals surface area contributed by atoms with Gasteiger partial charge >= 0.3 is 6.18 Å². The van der Waals surface area contributed by atoms with Gasteiger partial charge in [0.25, 0.3) is 0 Å². The highest BCUT2D eigenvalue weighted by Gasteiger charge is 2.37. The van der Waals surface area contributed by atoms with Crippen LogP contribution in [0.4, 0.5) is 18.9 Å². The van der Waals surface area contributed by atoms with Gasteiger partial charge in [-0.05, 0) is 18.2 Å². The molecule has 16 heavy (non-hydrogen) atoms. The van der Waals surface area contributed by atoms with Crippen molar-refractivity contribution in [2.45, 2.75) is 12.2 Å². The van der Waals surface area contributed by atoms with E-state index in [9.17, 15) is 13.2 Å². The van der Waals surface area contributed by atoms with E-state index in [0.29, 0.717) is 17.6 Å². The van der Waals surface area contributed by atoms with Crippen LogP contribution in [0.1, 0.15) is 5.56 Å². The topological polar surface area (TPSA) is 29.3 Å². The molecule has 88 valence electrons. The van der Waals surface area contributed by atoms with Crippen molar-refractivity contribution >= 4 is 21.6 Å². The molecule has 1 aromatic rings. The summed E-state index contributed by atoms with van der Waals surface area (Å²) in [6.45, 7) is 0.954.